The lowest BCUT2D eigenvalue weighted by Gasteiger charge is -2.29. The molecule has 0 aromatic carbocycles. The van der Waals surface area contributed by atoms with Gasteiger partial charge in [-0.05, 0) is 0 Å². The van der Waals surface area contributed by atoms with Crippen LogP contribution in [0.1, 0.15) is 0 Å². The van der Waals surface area contributed by atoms with Crippen molar-refractivity contribution in [2.24, 2.45) is 0 Å². The van der Waals surface area contributed by atoms with Gasteiger partial charge in [0, 0.05) is 0 Å². The van der Waals surface area contributed by atoms with Gasteiger partial charge < -0.3 is 9.29 Å². The molecule has 0 aromatic heterocycles. The van der Waals surface area contributed by atoms with Crippen molar-refractivity contribution in [2.45, 2.75) is 23.7 Å². The molecule has 1 unspecified atom stereocenters. The first-order chi connectivity index (χ1) is 8.92. The Morgan fingerprint density at radius 2 is 1.43 bits per heavy atom. The second-order valence-corrected chi connectivity index (χ2v) is 4.77. The van der Waals surface area contributed by atoms with Gasteiger partial charge in [-0.25, -0.2) is 13.2 Å². The molecule has 0 aliphatic heterocycles. The Labute approximate surface area is 110 Å². The molecule has 0 radical (unpaired) electrons. The first kappa shape index (κ1) is 19.6. The molecular weight excluding hydrogens is 348 g/mol. The number of hydrogen-bond acceptors (Lipinski definition) is 5. The molecule has 124 valence electrons. The number of rotatable bonds is 4. The lowest BCUT2D eigenvalue weighted by Crippen LogP contribution is -2.52. The number of alkyl halides is 8. The molecule has 0 rings (SSSR count). The van der Waals surface area contributed by atoms with Crippen molar-refractivity contribution in [2.75, 3.05) is 0 Å². The third-order valence-electron chi connectivity index (χ3n) is 1.75. The van der Waals surface area contributed by atoms with Crippen molar-refractivity contribution in [3.8, 4) is 0 Å². The minimum Gasteiger partial charge on any atom is -0.743 e. The summed E-state index contributed by atoms with van der Waals surface area (Å²) in [5, 5.41) is -6.23. The number of carbonyl (C=O) groups is 1. The zero-order valence-corrected chi connectivity index (χ0v) is 10.1. The van der Waals surface area contributed by atoms with E-state index < -0.39 is 45.4 Å². The van der Waals surface area contributed by atoms with E-state index in [-0.39, 0.29) is 0 Å². The summed E-state index contributed by atoms with van der Waals surface area (Å²) in [5.74, 6) is -3.01. The first-order valence-electron chi connectivity index (χ1n) is 4.29. The van der Waals surface area contributed by atoms with Crippen LogP contribution < -0.4 is 0 Å². The van der Waals surface area contributed by atoms with Crippen molar-refractivity contribution >= 4 is 16.1 Å². The average Bonchev–Trinajstić information content (AvgIpc) is 2.19. The molecule has 0 fully saturated rings. The summed E-state index contributed by atoms with van der Waals surface area (Å²) >= 11 is 0. The van der Waals surface area contributed by atoms with Crippen molar-refractivity contribution in [3.05, 3.63) is 12.2 Å². The van der Waals surface area contributed by atoms with Crippen LogP contribution in [0.4, 0.5) is 35.1 Å². The maximum Gasteiger partial charge on any atom is 0.432 e. The molecule has 1 atom stereocenters. The van der Waals surface area contributed by atoms with Gasteiger partial charge in [0.05, 0.1) is 0 Å². The van der Waals surface area contributed by atoms with Gasteiger partial charge in [-0.3, -0.25) is 0 Å². The molecule has 0 bridgehead atoms. The summed E-state index contributed by atoms with van der Waals surface area (Å²) in [7, 11) is -6.98. The van der Waals surface area contributed by atoms with E-state index in [2.05, 4.69) is 4.74 Å². The highest BCUT2D eigenvalue weighted by atomic mass is 32.2. The Kier molecular flexibility index (Phi) is 5.03. The molecule has 0 N–H and O–H groups in total. The molecule has 0 amide bonds. The second kappa shape index (κ2) is 5.40. The highest BCUT2D eigenvalue weighted by molar-refractivity contribution is 7.86. The Morgan fingerprint density at radius 1 is 1.05 bits per heavy atom. The number of hydrogen-bond donors (Lipinski definition) is 0. The van der Waals surface area contributed by atoms with E-state index in [4.69, 9.17) is 0 Å². The van der Waals surface area contributed by atoms with Gasteiger partial charge in [0.2, 0.25) is 0 Å². The molecule has 0 aliphatic rings. The molecule has 0 aromatic rings. The van der Waals surface area contributed by atoms with Crippen LogP contribution in [-0.2, 0) is 19.6 Å². The number of halogens is 8. The lowest BCUT2D eigenvalue weighted by molar-refractivity contribution is -0.259. The van der Waals surface area contributed by atoms with E-state index >= 15 is 0 Å². The van der Waals surface area contributed by atoms with Crippen LogP contribution in [0.5, 0.6) is 0 Å². The van der Waals surface area contributed by atoms with E-state index in [1.807, 2.05) is 6.58 Å². The molecule has 0 aliphatic carbocycles. The topological polar surface area (TPSA) is 83.5 Å². The van der Waals surface area contributed by atoms with E-state index in [9.17, 15) is 52.9 Å². The fourth-order valence-corrected chi connectivity index (χ4v) is 1.19. The minimum atomic E-state index is -6.98. The number of carbonyl (C=O) groups excluding carboxylic acids is 1. The molecular formula is C7H3F8O5S-. The number of ether oxygens (including phenoxy) is 1. The lowest BCUT2D eigenvalue weighted by atomic mass is 10.3. The number of esters is 1. The van der Waals surface area contributed by atoms with Crippen LogP contribution in [-0.4, -0.2) is 42.7 Å². The highest BCUT2D eigenvalue weighted by Gasteiger charge is 2.63. The van der Waals surface area contributed by atoms with Gasteiger partial charge in [0.1, 0.15) is 5.57 Å². The van der Waals surface area contributed by atoms with Crippen LogP contribution in [0.15, 0.2) is 12.2 Å². The second-order valence-electron chi connectivity index (χ2n) is 3.32. The third kappa shape index (κ3) is 4.52. The summed E-state index contributed by atoms with van der Waals surface area (Å²) in [6, 6.07) is 0. The van der Waals surface area contributed by atoms with Crippen LogP contribution in [0.3, 0.4) is 0 Å². The van der Waals surface area contributed by atoms with Crippen molar-refractivity contribution < 1.29 is 57.6 Å². The molecule has 0 heterocycles. The van der Waals surface area contributed by atoms with Crippen molar-refractivity contribution in [3.63, 3.8) is 0 Å². The van der Waals surface area contributed by atoms with Gasteiger partial charge in [-0.2, -0.15) is 35.1 Å². The van der Waals surface area contributed by atoms with E-state index in [1.54, 1.807) is 0 Å². The van der Waals surface area contributed by atoms with E-state index in [0.29, 0.717) is 0 Å². The molecule has 0 saturated carbocycles. The smallest absolute Gasteiger partial charge is 0.432 e. The van der Waals surface area contributed by atoms with Crippen LogP contribution in [0.25, 0.3) is 0 Å². The molecule has 0 saturated heterocycles. The van der Waals surface area contributed by atoms with Crippen LogP contribution in [0.2, 0.25) is 0 Å². The summed E-state index contributed by atoms with van der Waals surface area (Å²) in [6.07, 6.45) is -16.9. The zero-order valence-electron chi connectivity index (χ0n) is 9.26. The van der Waals surface area contributed by atoms with Gasteiger partial charge in [0.25, 0.3) is 6.10 Å². The highest BCUT2D eigenvalue weighted by Crippen LogP contribution is 2.39. The van der Waals surface area contributed by atoms with Crippen LogP contribution in [0, 0.1) is 0 Å². The Hall–Kier alpha value is -1.44. The zero-order chi connectivity index (χ0) is 17.4. The summed E-state index contributed by atoms with van der Waals surface area (Å²) < 4.78 is 131. The summed E-state index contributed by atoms with van der Waals surface area (Å²) in [5.41, 5.74) is -2.60. The van der Waals surface area contributed by atoms with Crippen molar-refractivity contribution in [1.29, 1.82) is 0 Å². The maximum atomic E-state index is 12.8. The maximum absolute atomic E-state index is 12.8. The molecule has 21 heavy (non-hydrogen) atoms. The first-order valence-corrected chi connectivity index (χ1v) is 5.70. The van der Waals surface area contributed by atoms with Crippen molar-refractivity contribution in [1.82, 2.24) is 0 Å². The standard InChI is InChI=1S/C7H4F8O5S/c1-2(5(8,9)10)3(16)20-4(6(11,12)13)7(14,15)21(17,18)19/h4H,1H2,(H,17,18,19)/p-1. The largest absolute Gasteiger partial charge is 0.743 e. The van der Waals surface area contributed by atoms with Gasteiger partial charge in [-0.1, -0.05) is 6.58 Å². The SMILES string of the molecule is C=C(C(=O)OC(C(F)(F)F)C(F)(F)S(=O)(=O)[O-])C(F)(F)F. The normalized spacial score (nSPS) is 15.5. The molecule has 0 spiro atoms. The quantitative estimate of drug-likeness (QED) is 0.333. The minimum absolute atomic E-state index is 1.97. The molecule has 5 nitrogen and oxygen atoms in total. The Balaban J connectivity index is 5.64. The van der Waals surface area contributed by atoms with Gasteiger partial charge in [-0.15, -0.1) is 0 Å². The average molecular weight is 351 g/mol. The van der Waals surface area contributed by atoms with E-state index in [1.165, 1.54) is 0 Å². The summed E-state index contributed by atoms with van der Waals surface area (Å²) in [6.45, 7) is 1.97. The van der Waals surface area contributed by atoms with Gasteiger partial charge >= 0.3 is 23.6 Å². The van der Waals surface area contributed by atoms with E-state index in [0.717, 1.165) is 0 Å². The van der Waals surface area contributed by atoms with Crippen LogP contribution >= 0.6 is 0 Å². The predicted molar refractivity (Wildman–Crippen MR) is 45.8 cm³/mol. The Morgan fingerprint density at radius 3 is 1.67 bits per heavy atom. The fraction of sp³-hybridized carbons (Fsp3) is 0.571. The Bertz CT molecular complexity index is 530. The molecule has 14 heteroatoms. The van der Waals surface area contributed by atoms with Gasteiger partial charge in [0.15, 0.2) is 10.1 Å². The summed E-state index contributed by atoms with van der Waals surface area (Å²) in [4.78, 5) is 10.6. The fourth-order valence-electron chi connectivity index (χ4n) is 0.751. The monoisotopic (exact) mass is 351 g/mol. The predicted octanol–water partition coefficient (Wildman–Crippen LogP) is 1.72. The third-order valence-corrected chi connectivity index (χ3v) is 2.63.